The molecule has 1 rings (SSSR count). The molecule has 1 aliphatic rings. The Kier molecular flexibility index (Phi) is 3.09. The van der Waals surface area contributed by atoms with Gasteiger partial charge < -0.3 is 5.32 Å². The Hall–Kier alpha value is -1.04. The van der Waals surface area contributed by atoms with Crippen LogP contribution in [0.15, 0.2) is 0 Å². The fourth-order valence-corrected chi connectivity index (χ4v) is 1.02. The molecule has 1 fully saturated rings. The summed E-state index contributed by atoms with van der Waals surface area (Å²) in [5.74, 6) is 0.185. The second-order valence-corrected chi connectivity index (χ2v) is 3.37. The van der Waals surface area contributed by atoms with E-state index in [1.807, 2.05) is 6.07 Å². The summed E-state index contributed by atoms with van der Waals surface area (Å²) in [6, 6.07) is 1.91. The fraction of sp³-hybridized carbons (Fsp3) is 0.778. The molecule has 3 nitrogen and oxygen atoms in total. The third-order valence-corrected chi connectivity index (χ3v) is 2.14. The van der Waals surface area contributed by atoms with E-state index in [-0.39, 0.29) is 5.91 Å². The number of carbonyl (C=O) groups is 1. The lowest BCUT2D eigenvalue weighted by molar-refractivity contribution is -0.122. The van der Waals surface area contributed by atoms with Crippen LogP contribution >= 0.6 is 0 Å². The predicted molar refractivity (Wildman–Crippen MR) is 45.1 cm³/mol. The standard InChI is InChI=1S/C9H14N2O/c1-7(6-10)9(12)11-5-4-8-2-3-8/h7-8H,2-5H2,1H3,(H,11,12). The van der Waals surface area contributed by atoms with Crippen molar-refractivity contribution in [3.05, 3.63) is 0 Å². The summed E-state index contributed by atoms with van der Waals surface area (Å²) in [7, 11) is 0. The molecule has 0 aromatic rings. The third kappa shape index (κ3) is 2.91. The number of nitriles is 1. The van der Waals surface area contributed by atoms with Crippen molar-refractivity contribution in [1.29, 1.82) is 5.26 Å². The molecule has 0 bridgehead atoms. The van der Waals surface area contributed by atoms with E-state index in [9.17, 15) is 4.79 Å². The van der Waals surface area contributed by atoms with Crippen LogP contribution in [-0.2, 0) is 4.79 Å². The van der Waals surface area contributed by atoms with E-state index in [4.69, 9.17) is 5.26 Å². The van der Waals surface area contributed by atoms with Gasteiger partial charge in [0, 0.05) is 6.54 Å². The van der Waals surface area contributed by atoms with Gasteiger partial charge in [0.15, 0.2) is 0 Å². The summed E-state index contributed by atoms with van der Waals surface area (Å²) in [6.45, 7) is 2.35. The summed E-state index contributed by atoms with van der Waals surface area (Å²) in [4.78, 5) is 11.0. The van der Waals surface area contributed by atoms with Gasteiger partial charge in [-0.2, -0.15) is 5.26 Å². The quantitative estimate of drug-likeness (QED) is 0.679. The lowest BCUT2D eigenvalue weighted by Crippen LogP contribution is -2.29. The first-order valence-corrected chi connectivity index (χ1v) is 4.41. The van der Waals surface area contributed by atoms with Crippen molar-refractivity contribution in [3.8, 4) is 6.07 Å². The minimum Gasteiger partial charge on any atom is -0.355 e. The second kappa shape index (κ2) is 4.10. The van der Waals surface area contributed by atoms with Gasteiger partial charge in [-0.25, -0.2) is 0 Å². The summed E-state index contributed by atoms with van der Waals surface area (Å²) < 4.78 is 0. The molecule has 0 spiro atoms. The molecule has 1 amide bonds. The highest BCUT2D eigenvalue weighted by atomic mass is 16.1. The van der Waals surface area contributed by atoms with Crippen molar-refractivity contribution >= 4 is 5.91 Å². The van der Waals surface area contributed by atoms with Gasteiger partial charge in [-0.05, 0) is 19.3 Å². The van der Waals surface area contributed by atoms with E-state index >= 15 is 0 Å². The zero-order valence-electron chi connectivity index (χ0n) is 7.34. The van der Waals surface area contributed by atoms with Crippen molar-refractivity contribution in [1.82, 2.24) is 5.32 Å². The van der Waals surface area contributed by atoms with Crippen LogP contribution in [0.4, 0.5) is 0 Å². The normalized spacial score (nSPS) is 18.0. The monoisotopic (exact) mass is 166 g/mol. The molecular weight excluding hydrogens is 152 g/mol. The molecule has 1 N–H and O–H groups in total. The number of carbonyl (C=O) groups excluding carboxylic acids is 1. The van der Waals surface area contributed by atoms with Crippen molar-refractivity contribution in [2.24, 2.45) is 11.8 Å². The Morgan fingerprint density at radius 3 is 2.92 bits per heavy atom. The Morgan fingerprint density at radius 2 is 2.42 bits per heavy atom. The molecule has 1 saturated carbocycles. The molecule has 0 heterocycles. The van der Waals surface area contributed by atoms with Crippen molar-refractivity contribution in [2.45, 2.75) is 26.2 Å². The maximum atomic E-state index is 11.0. The molecular formula is C9H14N2O. The van der Waals surface area contributed by atoms with E-state index in [0.29, 0.717) is 0 Å². The summed E-state index contributed by atoms with van der Waals surface area (Å²) in [5.41, 5.74) is 0. The molecule has 0 saturated heterocycles. The van der Waals surface area contributed by atoms with E-state index < -0.39 is 5.92 Å². The lowest BCUT2D eigenvalue weighted by atomic mass is 10.2. The van der Waals surface area contributed by atoms with Crippen LogP contribution < -0.4 is 5.32 Å². The van der Waals surface area contributed by atoms with Crippen LogP contribution in [0.2, 0.25) is 0 Å². The molecule has 0 aromatic heterocycles. The van der Waals surface area contributed by atoms with Gasteiger partial charge >= 0.3 is 0 Å². The summed E-state index contributed by atoms with van der Waals surface area (Å²) in [6.07, 6.45) is 3.69. The van der Waals surface area contributed by atoms with E-state index in [1.54, 1.807) is 6.92 Å². The first kappa shape index (κ1) is 9.05. The van der Waals surface area contributed by atoms with Crippen molar-refractivity contribution in [2.75, 3.05) is 6.54 Å². The Balaban J connectivity index is 2.05. The highest BCUT2D eigenvalue weighted by Gasteiger charge is 2.21. The maximum Gasteiger partial charge on any atom is 0.237 e. The van der Waals surface area contributed by atoms with Crippen LogP contribution in [0, 0.1) is 23.2 Å². The zero-order chi connectivity index (χ0) is 8.97. The average Bonchev–Trinajstić information content (AvgIpc) is 2.86. The smallest absolute Gasteiger partial charge is 0.237 e. The Bertz CT molecular complexity index is 203. The van der Waals surface area contributed by atoms with E-state index in [1.165, 1.54) is 12.8 Å². The maximum absolute atomic E-state index is 11.0. The molecule has 1 unspecified atom stereocenters. The highest BCUT2D eigenvalue weighted by molar-refractivity contribution is 5.80. The second-order valence-electron chi connectivity index (χ2n) is 3.37. The van der Waals surface area contributed by atoms with Crippen LogP contribution in [-0.4, -0.2) is 12.5 Å². The summed E-state index contributed by atoms with van der Waals surface area (Å²) in [5, 5.41) is 11.2. The van der Waals surface area contributed by atoms with Crippen molar-refractivity contribution in [3.63, 3.8) is 0 Å². The first-order valence-electron chi connectivity index (χ1n) is 4.41. The molecule has 12 heavy (non-hydrogen) atoms. The molecule has 3 heteroatoms. The largest absolute Gasteiger partial charge is 0.355 e. The molecule has 66 valence electrons. The minimum absolute atomic E-state index is 0.141. The highest BCUT2D eigenvalue weighted by Crippen LogP contribution is 2.31. The average molecular weight is 166 g/mol. The van der Waals surface area contributed by atoms with Gasteiger partial charge in [0.25, 0.3) is 0 Å². The van der Waals surface area contributed by atoms with Gasteiger partial charge in [0.05, 0.1) is 6.07 Å². The fourth-order valence-electron chi connectivity index (χ4n) is 1.02. The van der Waals surface area contributed by atoms with E-state index in [0.717, 1.165) is 18.9 Å². The third-order valence-electron chi connectivity index (χ3n) is 2.14. The predicted octanol–water partition coefficient (Wildman–Crippen LogP) is 1.06. The molecule has 1 aliphatic carbocycles. The number of hydrogen-bond acceptors (Lipinski definition) is 2. The van der Waals surface area contributed by atoms with Gasteiger partial charge in [-0.3, -0.25) is 4.79 Å². The number of amides is 1. The Morgan fingerprint density at radius 1 is 1.75 bits per heavy atom. The molecule has 1 atom stereocenters. The lowest BCUT2D eigenvalue weighted by Gasteiger charge is -2.04. The first-order chi connectivity index (χ1) is 5.74. The molecule has 0 aliphatic heterocycles. The Labute approximate surface area is 72.8 Å². The SMILES string of the molecule is CC(C#N)C(=O)NCCC1CC1. The zero-order valence-corrected chi connectivity index (χ0v) is 7.34. The van der Waals surface area contributed by atoms with Gasteiger partial charge in [0.2, 0.25) is 5.91 Å². The molecule has 0 aromatic carbocycles. The van der Waals surface area contributed by atoms with E-state index in [2.05, 4.69) is 5.32 Å². The topological polar surface area (TPSA) is 52.9 Å². The van der Waals surface area contributed by atoms with Crippen LogP contribution in [0.5, 0.6) is 0 Å². The number of rotatable bonds is 4. The van der Waals surface area contributed by atoms with Gasteiger partial charge in [0.1, 0.15) is 5.92 Å². The minimum atomic E-state index is -0.510. The number of nitrogens with zero attached hydrogens (tertiary/aromatic N) is 1. The van der Waals surface area contributed by atoms with Crippen LogP contribution in [0.25, 0.3) is 0 Å². The summed E-state index contributed by atoms with van der Waals surface area (Å²) >= 11 is 0. The van der Waals surface area contributed by atoms with Crippen molar-refractivity contribution < 1.29 is 4.79 Å². The molecule has 0 radical (unpaired) electrons. The van der Waals surface area contributed by atoms with Gasteiger partial charge in [-0.1, -0.05) is 12.8 Å². The van der Waals surface area contributed by atoms with Crippen LogP contribution in [0.3, 0.4) is 0 Å². The number of nitrogens with one attached hydrogen (secondary N) is 1. The van der Waals surface area contributed by atoms with Crippen LogP contribution in [0.1, 0.15) is 26.2 Å². The number of hydrogen-bond donors (Lipinski definition) is 1. The van der Waals surface area contributed by atoms with Gasteiger partial charge in [-0.15, -0.1) is 0 Å².